The number of rotatable bonds is 7. The van der Waals surface area contributed by atoms with Gasteiger partial charge >= 0.3 is 0 Å². The Hall–Kier alpha value is -1.55. The Morgan fingerprint density at radius 1 is 1.27 bits per heavy atom. The molecule has 0 saturated heterocycles. The first kappa shape index (κ1) is 18.5. The zero-order valence-corrected chi connectivity index (χ0v) is 14.5. The van der Waals surface area contributed by atoms with E-state index in [2.05, 4.69) is 5.32 Å². The molecule has 0 heterocycles. The third kappa shape index (κ3) is 4.73. The van der Waals surface area contributed by atoms with Crippen LogP contribution in [0.5, 0.6) is 0 Å². The Balaban J connectivity index is 2.73. The minimum absolute atomic E-state index is 0.0404. The Labute approximate surface area is 137 Å². The summed E-state index contributed by atoms with van der Waals surface area (Å²) in [6.07, 6.45) is 1.65. The molecule has 0 aliphatic rings. The molecule has 0 spiro atoms. The van der Waals surface area contributed by atoms with Crippen molar-refractivity contribution in [2.75, 3.05) is 18.0 Å². The highest BCUT2D eigenvalue weighted by Gasteiger charge is 2.17. The van der Waals surface area contributed by atoms with E-state index in [9.17, 15) is 9.59 Å². The predicted octanol–water partition coefficient (Wildman–Crippen LogP) is 3.55. The molecule has 0 radical (unpaired) electrons. The molecule has 0 aliphatic heterocycles. The summed E-state index contributed by atoms with van der Waals surface area (Å²) in [4.78, 5) is 25.5. The number of halogens is 1. The van der Waals surface area contributed by atoms with E-state index in [1.165, 1.54) is 6.92 Å². The molecule has 2 amide bonds. The standard InChI is InChI=1S/C17H25ClN2O2/c1-5-14(6-2)17(22)19-10-11-20(13(4)21)16-9-7-8-15(18)12(16)3/h7-9,14H,5-6,10-11H2,1-4H3,(H,19,22). The molecule has 1 N–H and O–H groups in total. The normalized spacial score (nSPS) is 10.6. The molecule has 5 heteroatoms. The monoisotopic (exact) mass is 324 g/mol. The molecule has 0 bridgehead atoms. The highest BCUT2D eigenvalue weighted by atomic mass is 35.5. The summed E-state index contributed by atoms with van der Waals surface area (Å²) >= 11 is 6.12. The van der Waals surface area contributed by atoms with E-state index in [-0.39, 0.29) is 17.7 Å². The lowest BCUT2D eigenvalue weighted by molar-refractivity contribution is -0.125. The van der Waals surface area contributed by atoms with E-state index in [1.54, 1.807) is 11.0 Å². The minimum Gasteiger partial charge on any atom is -0.354 e. The zero-order chi connectivity index (χ0) is 16.7. The van der Waals surface area contributed by atoms with Crippen LogP contribution in [0, 0.1) is 12.8 Å². The summed E-state index contributed by atoms with van der Waals surface area (Å²) in [5.41, 5.74) is 1.66. The van der Waals surface area contributed by atoms with Crippen molar-refractivity contribution in [3.63, 3.8) is 0 Å². The summed E-state index contributed by atoms with van der Waals surface area (Å²) in [5.74, 6) is 0.0251. The fourth-order valence-corrected chi connectivity index (χ4v) is 2.60. The Morgan fingerprint density at radius 3 is 2.45 bits per heavy atom. The van der Waals surface area contributed by atoms with Crippen LogP contribution in [-0.4, -0.2) is 24.9 Å². The van der Waals surface area contributed by atoms with Crippen LogP contribution in [0.15, 0.2) is 18.2 Å². The number of amides is 2. The summed E-state index contributed by atoms with van der Waals surface area (Å²) in [6.45, 7) is 8.28. The van der Waals surface area contributed by atoms with Crippen LogP contribution in [0.25, 0.3) is 0 Å². The molecule has 0 aromatic heterocycles. The molecular weight excluding hydrogens is 300 g/mol. The number of nitrogens with zero attached hydrogens (tertiary/aromatic N) is 1. The zero-order valence-electron chi connectivity index (χ0n) is 13.8. The van der Waals surface area contributed by atoms with Crippen molar-refractivity contribution in [3.05, 3.63) is 28.8 Å². The molecule has 0 fully saturated rings. The van der Waals surface area contributed by atoms with Crippen molar-refractivity contribution in [1.82, 2.24) is 5.32 Å². The van der Waals surface area contributed by atoms with Gasteiger partial charge in [-0.15, -0.1) is 0 Å². The molecule has 1 aromatic carbocycles. The van der Waals surface area contributed by atoms with Crippen LogP contribution in [-0.2, 0) is 9.59 Å². The van der Waals surface area contributed by atoms with E-state index in [4.69, 9.17) is 11.6 Å². The quantitative estimate of drug-likeness (QED) is 0.833. The second kappa shape index (κ2) is 8.79. The summed E-state index contributed by atoms with van der Waals surface area (Å²) in [5, 5.41) is 3.54. The Bertz CT molecular complexity index is 527. The number of anilines is 1. The van der Waals surface area contributed by atoms with Gasteiger partial charge in [0.25, 0.3) is 0 Å². The topological polar surface area (TPSA) is 49.4 Å². The largest absolute Gasteiger partial charge is 0.354 e. The molecule has 122 valence electrons. The van der Waals surface area contributed by atoms with E-state index < -0.39 is 0 Å². The number of hydrogen-bond donors (Lipinski definition) is 1. The van der Waals surface area contributed by atoms with Crippen molar-refractivity contribution in [3.8, 4) is 0 Å². The van der Waals surface area contributed by atoms with Crippen LogP contribution >= 0.6 is 11.6 Å². The smallest absolute Gasteiger partial charge is 0.223 e. The maximum absolute atomic E-state index is 12.0. The van der Waals surface area contributed by atoms with Gasteiger partial charge in [0, 0.05) is 36.6 Å². The second-order valence-corrected chi connectivity index (χ2v) is 5.77. The van der Waals surface area contributed by atoms with Gasteiger partial charge in [-0.3, -0.25) is 9.59 Å². The molecule has 0 atom stereocenters. The lowest BCUT2D eigenvalue weighted by atomic mass is 10.0. The van der Waals surface area contributed by atoms with Crippen molar-refractivity contribution in [2.45, 2.75) is 40.5 Å². The molecule has 1 aromatic rings. The second-order valence-electron chi connectivity index (χ2n) is 5.36. The van der Waals surface area contributed by atoms with Crippen LogP contribution < -0.4 is 10.2 Å². The third-order valence-corrected chi connectivity index (χ3v) is 4.31. The number of nitrogens with one attached hydrogen (secondary N) is 1. The molecular formula is C17H25ClN2O2. The van der Waals surface area contributed by atoms with E-state index in [0.717, 1.165) is 24.1 Å². The van der Waals surface area contributed by atoms with Crippen molar-refractivity contribution >= 4 is 29.1 Å². The van der Waals surface area contributed by atoms with E-state index in [1.807, 2.05) is 32.9 Å². The highest BCUT2D eigenvalue weighted by molar-refractivity contribution is 6.31. The summed E-state index contributed by atoms with van der Waals surface area (Å²) < 4.78 is 0. The molecule has 1 rings (SSSR count). The number of hydrogen-bond acceptors (Lipinski definition) is 2. The first-order valence-electron chi connectivity index (χ1n) is 7.73. The fraction of sp³-hybridized carbons (Fsp3) is 0.529. The van der Waals surface area contributed by atoms with Gasteiger partial charge in [0.05, 0.1) is 0 Å². The maximum Gasteiger partial charge on any atom is 0.223 e. The van der Waals surface area contributed by atoms with Gasteiger partial charge in [0.15, 0.2) is 0 Å². The van der Waals surface area contributed by atoms with Gasteiger partial charge in [-0.05, 0) is 37.5 Å². The molecule has 0 aliphatic carbocycles. The average Bonchev–Trinajstić information content (AvgIpc) is 2.48. The van der Waals surface area contributed by atoms with E-state index in [0.29, 0.717) is 18.1 Å². The average molecular weight is 325 g/mol. The Kier molecular flexibility index (Phi) is 7.39. The van der Waals surface area contributed by atoms with Gasteiger partial charge in [0.1, 0.15) is 0 Å². The van der Waals surface area contributed by atoms with Crippen LogP contribution in [0.3, 0.4) is 0 Å². The summed E-state index contributed by atoms with van der Waals surface area (Å²) in [6, 6.07) is 5.49. The third-order valence-electron chi connectivity index (χ3n) is 3.90. The lowest BCUT2D eigenvalue weighted by Crippen LogP contribution is -2.39. The lowest BCUT2D eigenvalue weighted by Gasteiger charge is -2.24. The molecule has 0 saturated carbocycles. The number of carbonyl (C=O) groups is 2. The highest BCUT2D eigenvalue weighted by Crippen LogP contribution is 2.26. The van der Waals surface area contributed by atoms with E-state index >= 15 is 0 Å². The van der Waals surface area contributed by atoms with Crippen LogP contribution in [0.1, 0.15) is 39.2 Å². The first-order chi connectivity index (χ1) is 10.4. The van der Waals surface area contributed by atoms with Crippen molar-refractivity contribution in [2.24, 2.45) is 5.92 Å². The number of benzene rings is 1. The minimum atomic E-state index is -0.0675. The van der Waals surface area contributed by atoms with Gasteiger partial charge in [-0.2, -0.15) is 0 Å². The fourth-order valence-electron chi connectivity index (χ4n) is 2.43. The van der Waals surface area contributed by atoms with Gasteiger partial charge < -0.3 is 10.2 Å². The van der Waals surface area contributed by atoms with Gasteiger partial charge in [-0.25, -0.2) is 0 Å². The summed E-state index contributed by atoms with van der Waals surface area (Å²) in [7, 11) is 0. The van der Waals surface area contributed by atoms with Crippen LogP contribution in [0.4, 0.5) is 5.69 Å². The molecule has 22 heavy (non-hydrogen) atoms. The molecule has 4 nitrogen and oxygen atoms in total. The number of carbonyl (C=O) groups excluding carboxylic acids is 2. The van der Waals surface area contributed by atoms with Gasteiger partial charge in [-0.1, -0.05) is 31.5 Å². The van der Waals surface area contributed by atoms with Crippen molar-refractivity contribution < 1.29 is 9.59 Å². The van der Waals surface area contributed by atoms with Crippen LogP contribution in [0.2, 0.25) is 5.02 Å². The van der Waals surface area contributed by atoms with Crippen molar-refractivity contribution in [1.29, 1.82) is 0 Å². The van der Waals surface area contributed by atoms with Gasteiger partial charge in [0.2, 0.25) is 11.8 Å². The predicted molar refractivity (Wildman–Crippen MR) is 91.3 cm³/mol. The first-order valence-corrected chi connectivity index (χ1v) is 8.11. The molecule has 0 unspecified atom stereocenters. The maximum atomic E-state index is 12.0. The Morgan fingerprint density at radius 2 is 1.91 bits per heavy atom. The SMILES string of the molecule is CCC(CC)C(=O)NCCN(C(C)=O)c1cccc(Cl)c1C.